The van der Waals surface area contributed by atoms with Crippen LogP contribution < -0.4 is 0 Å². The number of carboxylic acid groups (broad SMARTS) is 1. The molecular weight excluding hydrogens is 405 g/mol. The first-order chi connectivity index (χ1) is 13.3. The lowest BCUT2D eigenvalue weighted by molar-refractivity contribution is -0.142. The number of hydrogen-bond acceptors (Lipinski definition) is 3. The van der Waals surface area contributed by atoms with E-state index in [1.54, 1.807) is 0 Å². The number of sulfone groups is 1. The van der Waals surface area contributed by atoms with Gasteiger partial charge in [0.1, 0.15) is 0 Å². The first-order valence-electron chi connectivity index (χ1n) is 10.3. The molecule has 29 heavy (non-hydrogen) atoms. The predicted molar refractivity (Wildman–Crippen MR) is 101 cm³/mol. The number of rotatable bonds is 2. The van der Waals surface area contributed by atoms with E-state index in [4.69, 9.17) is 0 Å². The van der Waals surface area contributed by atoms with Gasteiger partial charge in [0, 0.05) is 0 Å². The molecule has 1 unspecified atom stereocenters. The van der Waals surface area contributed by atoms with E-state index in [9.17, 15) is 31.5 Å². The van der Waals surface area contributed by atoms with Gasteiger partial charge in [0.2, 0.25) is 0 Å². The molecule has 0 saturated heterocycles. The maximum Gasteiger partial charge on any atom is 0.501 e. The molecule has 4 nitrogen and oxygen atoms in total. The maximum absolute atomic E-state index is 13.2. The molecule has 2 saturated carbocycles. The number of alkyl halides is 3. The largest absolute Gasteiger partial charge is 0.501 e. The lowest BCUT2D eigenvalue weighted by Gasteiger charge is -2.56. The first-order valence-corrected chi connectivity index (χ1v) is 11.8. The zero-order valence-corrected chi connectivity index (χ0v) is 17.4. The molecule has 0 aromatic rings. The molecule has 0 aliphatic heterocycles. The van der Waals surface area contributed by atoms with Crippen molar-refractivity contribution in [3.8, 4) is 0 Å². The van der Waals surface area contributed by atoms with Gasteiger partial charge in [-0.2, -0.15) is 13.2 Å². The molecule has 0 radical (unpaired) electrons. The SMILES string of the molecule is C[C@@]12CCC[C@H]1[C@@H]1CC=C3C=C(S(=O)(=O)C(F)(F)F)C(C(=O)O)C[C@]3(C)[C@@H]1CC2. The summed E-state index contributed by atoms with van der Waals surface area (Å²) in [4.78, 5) is 10.8. The summed E-state index contributed by atoms with van der Waals surface area (Å²) in [7, 11) is -5.68. The Labute approximate surface area is 169 Å². The number of fused-ring (bicyclic) bond motifs is 5. The lowest BCUT2D eigenvalue weighted by Crippen LogP contribution is -2.50. The summed E-state index contributed by atoms with van der Waals surface area (Å²) in [6.07, 6.45) is 9.01. The van der Waals surface area contributed by atoms with Crippen molar-refractivity contribution >= 4 is 15.8 Å². The van der Waals surface area contributed by atoms with E-state index in [-0.39, 0.29) is 12.3 Å². The van der Waals surface area contributed by atoms with E-state index in [1.165, 1.54) is 12.8 Å². The highest BCUT2D eigenvalue weighted by Gasteiger charge is 2.59. The van der Waals surface area contributed by atoms with Crippen LogP contribution in [-0.2, 0) is 14.6 Å². The van der Waals surface area contributed by atoms with Gasteiger partial charge in [-0.3, -0.25) is 4.79 Å². The number of aliphatic carboxylic acids is 1. The van der Waals surface area contributed by atoms with Gasteiger partial charge in [-0.1, -0.05) is 26.3 Å². The normalized spacial score (nSPS) is 42.2. The van der Waals surface area contributed by atoms with Gasteiger partial charge in [0.25, 0.3) is 9.84 Å². The minimum atomic E-state index is -5.68. The predicted octanol–water partition coefficient (Wildman–Crippen LogP) is 5.08. The highest BCUT2D eigenvalue weighted by molar-refractivity contribution is 7.96. The van der Waals surface area contributed by atoms with Gasteiger partial charge in [0.15, 0.2) is 0 Å². The molecule has 4 rings (SSSR count). The number of hydrogen-bond donors (Lipinski definition) is 1. The van der Waals surface area contributed by atoms with Crippen molar-refractivity contribution in [3.05, 3.63) is 22.6 Å². The molecule has 4 aliphatic rings. The Hall–Kier alpha value is -1.31. The molecule has 2 fully saturated rings. The third-order valence-corrected chi connectivity index (χ3v) is 10.1. The molecular formula is C21H27F3O4S. The van der Waals surface area contributed by atoms with Gasteiger partial charge >= 0.3 is 11.5 Å². The van der Waals surface area contributed by atoms with Gasteiger partial charge in [-0.25, -0.2) is 8.42 Å². The van der Waals surface area contributed by atoms with Crippen LogP contribution in [0.3, 0.4) is 0 Å². The molecule has 8 heteroatoms. The fourth-order valence-corrected chi connectivity index (χ4v) is 8.10. The highest BCUT2D eigenvalue weighted by Crippen LogP contribution is 2.65. The molecule has 1 N–H and O–H groups in total. The van der Waals surface area contributed by atoms with Crippen molar-refractivity contribution in [2.24, 2.45) is 34.5 Å². The van der Waals surface area contributed by atoms with Crippen LogP contribution in [0.2, 0.25) is 0 Å². The van der Waals surface area contributed by atoms with E-state index in [2.05, 4.69) is 6.92 Å². The van der Waals surface area contributed by atoms with Gasteiger partial charge in [-0.05, 0) is 78.8 Å². The van der Waals surface area contributed by atoms with Gasteiger partial charge in [0.05, 0.1) is 10.8 Å². The van der Waals surface area contributed by atoms with E-state index < -0.39 is 37.6 Å². The van der Waals surface area contributed by atoms with Crippen LogP contribution in [0.1, 0.15) is 58.8 Å². The molecule has 0 aromatic heterocycles. The van der Waals surface area contributed by atoms with Crippen molar-refractivity contribution in [2.75, 3.05) is 0 Å². The summed E-state index contributed by atoms with van der Waals surface area (Å²) in [5.41, 5.74) is -5.25. The first kappa shape index (κ1) is 20.9. The standard InChI is InChI=1S/C21H27F3O4S/c1-19-8-3-4-15(19)13-6-5-12-10-17(29(27,28)21(22,23)24)14(18(25)26)11-20(12,2)16(13)7-9-19/h5,10,13-16H,3-4,6-9,11H2,1-2H3,(H,25,26)/t13-,14?,15-,16+,19-,20-/m0/s1. The molecule has 162 valence electrons. The second-order valence-electron chi connectivity index (χ2n) is 9.87. The monoisotopic (exact) mass is 432 g/mol. The minimum absolute atomic E-state index is 0.0973. The van der Waals surface area contributed by atoms with E-state index in [1.807, 2.05) is 13.0 Å². The topological polar surface area (TPSA) is 71.4 Å². The summed E-state index contributed by atoms with van der Waals surface area (Å²) in [5.74, 6) is -2.07. The summed E-state index contributed by atoms with van der Waals surface area (Å²) in [6.45, 7) is 4.26. The zero-order chi connectivity index (χ0) is 21.4. The summed E-state index contributed by atoms with van der Waals surface area (Å²) >= 11 is 0. The van der Waals surface area contributed by atoms with E-state index >= 15 is 0 Å². The average Bonchev–Trinajstić information content (AvgIpc) is 3.01. The van der Waals surface area contributed by atoms with Crippen molar-refractivity contribution in [1.82, 2.24) is 0 Å². The summed E-state index contributed by atoms with van der Waals surface area (Å²) < 4.78 is 63.8. The molecule has 0 amide bonds. The molecule has 4 aliphatic carbocycles. The van der Waals surface area contributed by atoms with Crippen LogP contribution in [0.25, 0.3) is 0 Å². The number of halogens is 3. The van der Waals surface area contributed by atoms with Gasteiger partial charge in [-0.15, -0.1) is 0 Å². The Kier molecular flexibility index (Phi) is 4.58. The van der Waals surface area contributed by atoms with Crippen LogP contribution >= 0.6 is 0 Å². The third-order valence-electron chi connectivity index (χ3n) is 8.49. The summed E-state index contributed by atoms with van der Waals surface area (Å²) in [6, 6.07) is 0. The fraction of sp³-hybridized carbons (Fsp3) is 0.762. The smallest absolute Gasteiger partial charge is 0.481 e. The van der Waals surface area contributed by atoms with E-state index in [0.29, 0.717) is 22.8 Å². The molecule has 0 bridgehead atoms. The van der Waals surface area contributed by atoms with Crippen LogP contribution in [0.4, 0.5) is 13.2 Å². The number of carbonyl (C=O) groups is 1. The fourth-order valence-electron chi connectivity index (χ4n) is 6.99. The minimum Gasteiger partial charge on any atom is -0.481 e. The van der Waals surface area contributed by atoms with Crippen molar-refractivity contribution in [3.63, 3.8) is 0 Å². The van der Waals surface area contributed by atoms with Crippen molar-refractivity contribution < 1.29 is 31.5 Å². The quantitative estimate of drug-likeness (QED) is 0.661. The average molecular weight is 433 g/mol. The Morgan fingerprint density at radius 1 is 1.17 bits per heavy atom. The van der Waals surface area contributed by atoms with Crippen LogP contribution in [0.15, 0.2) is 22.6 Å². The van der Waals surface area contributed by atoms with Crippen LogP contribution in [-0.4, -0.2) is 25.0 Å². The zero-order valence-electron chi connectivity index (χ0n) is 16.6. The Morgan fingerprint density at radius 3 is 2.48 bits per heavy atom. The molecule has 0 heterocycles. The second kappa shape index (κ2) is 6.34. The third kappa shape index (κ3) is 2.92. The Bertz CT molecular complexity index is 903. The molecule has 0 spiro atoms. The maximum atomic E-state index is 13.2. The van der Waals surface area contributed by atoms with E-state index in [0.717, 1.165) is 31.8 Å². The highest BCUT2D eigenvalue weighted by atomic mass is 32.2. The number of carboxylic acids is 1. The molecule has 6 atom stereocenters. The number of allylic oxidation sites excluding steroid dienone is 3. The Balaban J connectivity index is 1.80. The Morgan fingerprint density at radius 2 is 1.86 bits per heavy atom. The van der Waals surface area contributed by atoms with Crippen molar-refractivity contribution in [2.45, 2.75) is 64.3 Å². The van der Waals surface area contributed by atoms with Crippen molar-refractivity contribution in [1.29, 1.82) is 0 Å². The van der Waals surface area contributed by atoms with Crippen LogP contribution in [0, 0.1) is 34.5 Å². The van der Waals surface area contributed by atoms with Crippen LogP contribution in [0.5, 0.6) is 0 Å². The molecule has 0 aromatic carbocycles. The lowest BCUT2D eigenvalue weighted by atomic mass is 9.48. The van der Waals surface area contributed by atoms with Gasteiger partial charge < -0.3 is 5.11 Å². The summed E-state index contributed by atoms with van der Waals surface area (Å²) in [5, 5.41) is 9.64. The second-order valence-corrected chi connectivity index (χ2v) is 11.8.